The molecule has 0 radical (unpaired) electrons. The number of halogens is 1. The van der Waals surface area contributed by atoms with Gasteiger partial charge in [0.05, 0.1) is 25.9 Å². The number of benzene rings is 2. The zero-order valence-corrected chi connectivity index (χ0v) is 18.4. The van der Waals surface area contributed by atoms with Gasteiger partial charge in [-0.05, 0) is 29.5 Å². The molecule has 0 bridgehead atoms. The first-order valence-electron chi connectivity index (χ1n) is 9.11. The van der Waals surface area contributed by atoms with Crippen LogP contribution in [0.4, 0.5) is 5.69 Å². The van der Waals surface area contributed by atoms with E-state index in [-0.39, 0.29) is 37.1 Å². The number of aryl methyl sites for hydroxylation is 2. The number of nitrogens with two attached hydrogens (primary N) is 1. The molecule has 0 aromatic heterocycles. The van der Waals surface area contributed by atoms with Crippen LogP contribution in [0.5, 0.6) is 0 Å². The molecule has 1 atom stereocenters. The van der Waals surface area contributed by atoms with Crippen molar-refractivity contribution in [1.82, 2.24) is 0 Å². The minimum atomic E-state index is -0.689. The quantitative estimate of drug-likeness (QED) is 0.289. The maximum atomic E-state index is 10.0. The van der Waals surface area contributed by atoms with Gasteiger partial charge in [0, 0.05) is 5.69 Å². The number of ether oxygens (including phenoxy) is 1. The van der Waals surface area contributed by atoms with E-state index >= 15 is 0 Å². The average Bonchev–Trinajstić information content (AvgIpc) is 2.67. The topological polar surface area (TPSA) is 79.9 Å². The molecule has 0 aliphatic rings. The third-order valence-corrected chi connectivity index (χ3v) is 4.15. The van der Waals surface area contributed by atoms with Crippen LogP contribution >= 0.6 is 24.0 Å². The third-order valence-electron chi connectivity index (χ3n) is 4.15. The van der Waals surface area contributed by atoms with Crippen LogP contribution in [-0.4, -0.2) is 30.3 Å². The predicted molar refractivity (Wildman–Crippen MR) is 123 cm³/mol. The summed E-state index contributed by atoms with van der Waals surface area (Å²) in [6, 6.07) is 16.1. The van der Waals surface area contributed by atoms with Crippen molar-refractivity contribution in [3.05, 3.63) is 65.2 Å². The summed E-state index contributed by atoms with van der Waals surface area (Å²) in [5, 5.41) is 13.2. The SMILES string of the molecule is CCc1cccc(CC)c1NC(N)=NCC(O)COCc1ccccc1.I. The molecule has 0 aliphatic heterocycles. The Kier molecular flexibility index (Phi) is 11.0. The van der Waals surface area contributed by atoms with Crippen molar-refractivity contribution in [2.24, 2.45) is 10.7 Å². The molecular formula is C21H30IN3O2. The first-order chi connectivity index (χ1) is 12.6. The van der Waals surface area contributed by atoms with Gasteiger partial charge in [0.1, 0.15) is 0 Å². The Morgan fingerprint density at radius 2 is 1.70 bits per heavy atom. The first kappa shape index (κ1) is 23.4. The van der Waals surface area contributed by atoms with Crippen molar-refractivity contribution in [2.75, 3.05) is 18.5 Å². The number of aliphatic hydroxyl groups excluding tert-OH is 1. The van der Waals surface area contributed by atoms with Crippen LogP contribution in [0.15, 0.2) is 53.5 Å². The molecule has 148 valence electrons. The Labute approximate surface area is 179 Å². The number of nitrogens with zero attached hydrogens (tertiary/aromatic N) is 1. The normalized spacial score (nSPS) is 12.3. The van der Waals surface area contributed by atoms with Gasteiger partial charge in [-0.15, -0.1) is 24.0 Å². The summed E-state index contributed by atoms with van der Waals surface area (Å²) < 4.78 is 5.52. The van der Waals surface area contributed by atoms with Gasteiger partial charge >= 0.3 is 0 Å². The van der Waals surface area contributed by atoms with Crippen LogP contribution in [0, 0.1) is 0 Å². The first-order valence-corrected chi connectivity index (χ1v) is 9.11. The predicted octanol–water partition coefficient (Wildman–Crippen LogP) is 3.73. The highest BCUT2D eigenvalue weighted by Gasteiger charge is 2.08. The Balaban J connectivity index is 0.00000364. The molecule has 4 N–H and O–H groups in total. The van der Waals surface area contributed by atoms with Crippen LogP contribution in [0.3, 0.4) is 0 Å². The third kappa shape index (κ3) is 7.86. The summed E-state index contributed by atoms with van der Waals surface area (Å²) in [6.45, 7) is 5.11. The number of aliphatic imine (C=N–C) groups is 1. The van der Waals surface area contributed by atoms with Crippen LogP contribution < -0.4 is 11.1 Å². The molecule has 2 aromatic rings. The number of para-hydroxylation sites is 1. The molecule has 0 aliphatic carbocycles. The number of aliphatic hydroxyl groups is 1. The minimum absolute atomic E-state index is 0. The lowest BCUT2D eigenvalue weighted by Crippen LogP contribution is -2.27. The highest BCUT2D eigenvalue weighted by Crippen LogP contribution is 2.22. The maximum Gasteiger partial charge on any atom is 0.193 e. The zero-order valence-electron chi connectivity index (χ0n) is 16.0. The molecule has 5 nitrogen and oxygen atoms in total. The standard InChI is InChI=1S/C21H29N3O2.HI/c1-3-17-11-8-12-18(4-2)20(17)24-21(22)23-13-19(25)15-26-14-16-9-6-5-7-10-16;/h5-12,19,25H,3-4,13-15H2,1-2H3,(H3,22,23,24);1H. The number of nitrogens with one attached hydrogen (secondary N) is 1. The molecule has 0 saturated carbocycles. The molecule has 27 heavy (non-hydrogen) atoms. The van der Waals surface area contributed by atoms with Gasteiger partial charge in [0.15, 0.2) is 5.96 Å². The fourth-order valence-electron chi connectivity index (χ4n) is 2.71. The largest absolute Gasteiger partial charge is 0.389 e. The molecule has 0 saturated heterocycles. The summed E-state index contributed by atoms with van der Waals surface area (Å²) in [5.41, 5.74) is 10.5. The number of anilines is 1. The van der Waals surface area contributed by atoms with Crippen molar-refractivity contribution in [3.8, 4) is 0 Å². The number of guanidine groups is 1. The summed E-state index contributed by atoms with van der Waals surface area (Å²) in [5.74, 6) is 0.308. The molecule has 2 aromatic carbocycles. The minimum Gasteiger partial charge on any atom is -0.389 e. The van der Waals surface area contributed by atoms with E-state index in [1.807, 2.05) is 30.3 Å². The van der Waals surface area contributed by atoms with Gasteiger partial charge in [-0.25, -0.2) is 0 Å². The lowest BCUT2D eigenvalue weighted by molar-refractivity contribution is 0.0331. The highest BCUT2D eigenvalue weighted by molar-refractivity contribution is 14.0. The van der Waals surface area contributed by atoms with Gasteiger partial charge in [-0.2, -0.15) is 0 Å². The van der Waals surface area contributed by atoms with Crippen molar-refractivity contribution < 1.29 is 9.84 Å². The molecular weight excluding hydrogens is 453 g/mol. The van der Waals surface area contributed by atoms with Crippen LogP contribution in [-0.2, 0) is 24.2 Å². The monoisotopic (exact) mass is 483 g/mol. The molecule has 2 rings (SSSR count). The maximum absolute atomic E-state index is 10.0. The molecule has 0 amide bonds. The number of hydrogen-bond acceptors (Lipinski definition) is 3. The summed E-state index contributed by atoms with van der Waals surface area (Å²) in [6.07, 6.45) is 1.14. The Morgan fingerprint density at radius 1 is 1.07 bits per heavy atom. The van der Waals surface area contributed by atoms with Crippen LogP contribution in [0.2, 0.25) is 0 Å². The van der Waals surface area contributed by atoms with Gasteiger partial charge in [-0.3, -0.25) is 4.99 Å². The summed E-state index contributed by atoms with van der Waals surface area (Å²) in [7, 11) is 0. The van der Waals surface area contributed by atoms with Crippen molar-refractivity contribution >= 4 is 35.6 Å². The lowest BCUT2D eigenvalue weighted by atomic mass is 10.0. The van der Waals surface area contributed by atoms with Crippen LogP contribution in [0.25, 0.3) is 0 Å². The second-order valence-corrected chi connectivity index (χ2v) is 6.16. The van der Waals surface area contributed by atoms with Crippen molar-refractivity contribution in [1.29, 1.82) is 0 Å². The van der Waals surface area contributed by atoms with E-state index in [0.29, 0.717) is 12.6 Å². The molecule has 0 spiro atoms. The average molecular weight is 483 g/mol. The Morgan fingerprint density at radius 3 is 2.30 bits per heavy atom. The van der Waals surface area contributed by atoms with E-state index in [9.17, 15) is 5.11 Å². The molecule has 0 heterocycles. The molecule has 6 heteroatoms. The molecule has 1 unspecified atom stereocenters. The van der Waals surface area contributed by atoms with Gasteiger partial charge in [-0.1, -0.05) is 62.4 Å². The van der Waals surface area contributed by atoms with E-state index in [1.54, 1.807) is 0 Å². The Hall–Kier alpha value is -1.64. The molecule has 0 fully saturated rings. The second-order valence-electron chi connectivity index (χ2n) is 6.16. The van der Waals surface area contributed by atoms with E-state index in [4.69, 9.17) is 10.5 Å². The second kappa shape index (κ2) is 12.7. The van der Waals surface area contributed by atoms with Crippen molar-refractivity contribution in [3.63, 3.8) is 0 Å². The number of hydrogen-bond donors (Lipinski definition) is 3. The Bertz CT molecular complexity index is 686. The van der Waals surface area contributed by atoms with E-state index in [0.717, 1.165) is 24.1 Å². The van der Waals surface area contributed by atoms with Gasteiger partial charge < -0.3 is 20.9 Å². The van der Waals surface area contributed by atoms with Gasteiger partial charge in [0.25, 0.3) is 0 Å². The number of rotatable bonds is 9. The van der Waals surface area contributed by atoms with E-state index in [1.165, 1.54) is 11.1 Å². The summed E-state index contributed by atoms with van der Waals surface area (Å²) in [4.78, 5) is 4.25. The van der Waals surface area contributed by atoms with E-state index < -0.39 is 6.10 Å². The van der Waals surface area contributed by atoms with Gasteiger partial charge in [0.2, 0.25) is 0 Å². The van der Waals surface area contributed by atoms with Crippen molar-refractivity contribution in [2.45, 2.75) is 39.4 Å². The zero-order chi connectivity index (χ0) is 18.8. The highest BCUT2D eigenvalue weighted by atomic mass is 127. The summed E-state index contributed by atoms with van der Waals surface area (Å²) >= 11 is 0. The van der Waals surface area contributed by atoms with Crippen LogP contribution in [0.1, 0.15) is 30.5 Å². The fourth-order valence-corrected chi connectivity index (χ4v) is 2.71. The lowest BCUT2D eigenvalue weighted by Gasteiger charge is -2.15. The van der Waals surface area contributed by atoms with E-state index in [2.05, 4.69) is 42.4 Å². The smallest absolute Gasteiger partial charge is 0.193 e. The fraction of sp³-hybridized carbons (Fsp3) is 0.381.